The Hall–Kier alpha value is -18.1. The quantitative estimate of drug-likeness (QED) is 0.0822. The van der Waals surface area contributed by atoms with Gasteiger partial charge in [0.25, 0.3) is 13.4 Å². The van der Waals surface area contributed by atoms with Crippen molar-refractivity contribution in [3.05, 3.63) is 469 Å². The van der Waals surface area contributed by atoms with Gasteiger partial charge in [0.2, 0.25) is 0 Å². The molecule has 644 valence electrons. The first kappa shape index (κ1) is 87.9. The number of hydrogen-bond acceptors (Lipinski definition) is 16. The molecule has 0 radical (unpaired) electrons. The lowest BCUT2D eigenvalue weighted by molar-refractivity contribution is 1.21. The van der Waals surface area contributed by atoms with Crippen molar-refractivity contribution in [2.45, 2.75) is 0 Å². The summed E-state index contributed by atoms with van der Waals surface area (Å²) in [7, 11) is 0. The van der Waals surface area contributed by atoms with E-state index in [2.05, 4.69) is 212 Å². The molecule has 0 saturated heterocycles. The summed E-state index contributed by atoms with van der Waals surface area (Å²) in [5.41, 5.74) is 27.3. The van der Waals surface area contributed by atoms with Crippen molar-refractivity contribution in [1.29, 1.82) is 42.1 Å². The van der Waals surface area contributed by atoms with Gasteiger partial charge in [-0.1, -0.05) is 231 Å². The van der Waals surface area contributed by atoms with Gasteiger partial charge in [0.05, 0.1) is 90.0 Å². The highest BCUT2D eigenvalue weighted by Crippen LogP contribution is 2.54. The normalized spacial score (nSPS) is 11.6. The van der Waals surface area contributed by atoms with E-state index in [-0.39, 0.29) is 3.18 Å². The predicted molar refractivity (Wildman–Crippen MR) is 570 cm³/mol. The summed E-state index contributed by atoms with van der Waals surface area (Å²) in [5.74, 6) is 0. The topological polar surface area (TPSA) is 216 Å². The van der Waals surface area contributed by atoms with Crippen LogP contribution in [0.3, 0.4) is 0 Å². The van der Waals surface area contributed by atoms with Crippen molar-refractivity contribution in [2.75, 3.05) is 39.2 Å². The molecule has 22 rings (SSSR count). The molecular weight excluding hydrogens is 1890 g/mol. The molecule has 18 aromatic rings. The second-order valence-electron chi connectivity index (χ2n) is 32.6. The van der Waals surface area contributed by atoms with Crippen LogP contribution >= 0.6 is 47.3 Å². The van der Waals surface area contributed by atoms with Crippen molar-refractivity contribution >= 4 is 233 Å². The molecule has 4 aliphatic rings. The second-order valence-corrected chi connectivity index (χ2v) is 39.0. The standard InChI is InChI=1S/C58H32B2N8.C58H38N8.BBr3/c61-33-37-29-39(35-63)57-53-55(37)65(41-17-5-1-6-18-41)49-27-15-13-25-45(49)59(53)47-31-48-52(32-51(47)67(57)43-21-9-3-10-22-43)68(44-23-11-4-12-24-44)58-40(36-64)30-38(34-62)56-54(58)60(48)46-26-14-16-28-50(46)66(56)42-19-7-2-8-20-42;59-39-43-34-45(41-61)57(37-55(43)63(47-20-7-1-8-21-47)48-22-9-2-10-23-48)65(51-28-15-5-16-29-51)53-32-19-33-54(36-53)66(52-30-17-6-18-31-52)58-38-56(44(40-60)35-46(58)42-62)64(49-24-11-3-12-25-49)50-26-13-4-14-27-50;2-1(3)4/h1-32H;1-38H;. The second kappa shape index (κ2) is 38.6. The molecule has 0 aromatic heterocycles. The Labute approximate surface area is 825 Å². The predicted octanol–water partition coefficient (Wildman–Crippen LogP) is 26.5. The molecule has 0 N–H and O–H groups in total. The smallest absolute Gasteiger partial charge is 0.310 e. The first-order valence-electron chi connectivity index (χ1n) is 44.2. The van der Waals surface area contributed by atoms with Gasteiger partial charge in [0.1, 0.15) is 48.6 Å². The van der Waals surface area contributed by atoms with Gasteiger partial charge in [-0.3, -0.25) is 0 Å². The van der Waals surface area contributed by atoms with Crippen molar-refractivity contribution in [1.82, 2.24) is 0 Å². The zero-order valence-corrected chi connectivity index (χ0v) is 78.2. The molecule has 138 heavy (non-hydrogen) atoms. The van der Waals surface area contributed by atoms with E-state index < -0.39 is 13.4 Å². The minimum absolute atomic E-state index is 0.271. The zero-order valence-electron chi connectivity index (χ0n) is 73.4. The third-order valence-corrected chi connectivity index (χ3v) is 25.0. The van der Waals surface area contributed by atoms with Crippen LogP contribution in [0.2, 0.25) is 0 Å². The van der Waals surface area contributed by atoms with Gasteiger partial charge in [-0.15, -0.1) is 47.3 Å². The van der Waals surface area contributed by atoms with Gasteiger partial charge in [0.15, 0.2) is 0 Å². The molecular formula is C116H70B3Br3N16. The SMILES string of the molecule is BrB(Br)Br.N#Cc1cc(C#N)c(N(c2ccccc2)c2cccc(N(c3ccccc3)c3cc(N(c4ccccc4)c4ccccc4)c(C#N)cc3C#N)c2)cc1N(c1ccccc1)c1ccccc1.N#Cc1cc(C#N)c2c3c1N(c1ccccc1)c1ccccc1B3c1cc3c(cc1N2c1ccccc1)N(c1ccccc1)c1c(C#N)cc(C#N)c2c1B3c1ccccc1N2c1ccccc1. The summed E-state index contributed by atoms with van der Waals surface area (Å²) in [6.07, 6.45) is 0. The number of fused-ring (bicyclic) bond motifs is 8. The average Bonchev–Trinajstić information content (AvgIpc) is 0.674. The number of rotatable bonds is 16. The number of halogens is 3. The van der Waals surface area contributed by atoms with Gasteiger partial charge in [-0.2, -0.15) is 42.1 Å². The van der Waals surface area contributed by atoms with Crippen molar-refractivity contribution in [3.63, 3.8) is 0 Å². The molecule has 18 aromatic carbocycles. The van der Waals surface area contributed by atoms with E-state index in [1.54, 1.807) is 24.3 Å². The molecule has 0 spiro atoms. The van der Waals surface area contributed by atoms with Gasteiger partial charge >= 0.3 is 3.18 Å². The van der Waals surface area contributed by atoms with Crippen LogP contribution in [0, 0.1) is 90.6 Å². The molecule has 0 fully saturated rings. The summed E-state index contributed by atoms with van der Waals surface area (Å²) in [6, 6.07) is 159. The number of hydrogen-bond donors (Lipinski definition) is 0. The molecule has 0 saturated carbocycles. The molecule has 4 heterocycles. The Kier molecular flexibility index (Phi) is 24.6. The lowest BCUT2D eigenvalue weighted by Crippen LogP contribution is -2.65. The molecule has 0 atom stereocenters. The Bertz CT molecular complexity index is 7570. The van der Waals surface area contributed by atoms with Crippen molar-refractivity contribution < 1.29 is 0 Å². The molecule has 22 heteroatoms. The van der Waals surface area contributed by atoms with Gasteiger partial charge in [-0.05, 0) is 227 Å². The summed E-state index contributed by atoms with van der Waals surface area (Å²) < 4.78 is 0.271. The van der Waals surface area contributed by atoms with Gasteiger partial charge in [0, 0.05) is 91.0 Å². The third kappa shape index (κ3) is 15.9. The fourth-order valence-electron chi connectivity index (χ4n) is 19.6. The van der Waals surface area contributed by atoms with Crippen LogP contribution in [0.25, 0.3) is 0 Å². The molecule has 0 aliphatic carbocycles. The fourth-order valence-corrected chi connectivity index (χ4v) is 19.6. The van der Waals surface area contributed by atoms with E-state index in [0.717, 1.165) is 124 Å². The Morgan fingerprint density at radius 1 is 0.196 bits per heavy atom. The minimum Gasteiger partial charge on any atom is -0.310 e. The fraction of sp³-hybridized carbons (Fsp3) is 0. The molecule has 0 amide bonds. The zero-order chi connectivity index (χ0) is 94.4. The van der Waals surface area contributed by atoms with E-state index in [9.17, 15) is 42.1 Å². The van der Waals surface area contributed by atoms with E-state index in [4.69, 9.17) is 0 Å². The van der Waals surface area contributed by atoms with E-state index in [1.807, 2.05) is 323 Å². The first-order chi connectivity index (χ1) is 68.0. The minimum atomic E-state index is -0.414. The highest BCUT2D eigenvalue weighted by atomic mass is 79.9. The van der Waals surface area contributed by atoms with E-state index >= 15 is 0 Å². The van der Waals surface area contributed by atoms with Crippen molar-refractivity contribution in [2.24, 2.45) is 0 Å². The molecule has 0 unspecified atom stereocenters. The largest absolute Gasteiger partial charge is 0.369 e. The van der Waals surface area contributed by atoms with E-state index in [1.165, 1.54) is 0 Å². The molecule has 4 aliphatic heterocycles. The number of para-hydroxylation sites is 12. The average molecular weight is 1960 g/mol. The Morgan fingerprint density at radius 2 is 0.399 bits per heavy atom. The highest BCUT2D eigenvalue weighted by Gasteiger charge is 2.51. The lowest BCUT2D eigenvalue weighted by Gasteiger charge is -2.47. The van der Waals surface area contributed by atoms with Crippen LogP contribution in [-0.2, 0) is 0 Å². The summed E-state index contributed by atoms with van der Waals surface area (Å²) >= 11 is 9.31. The van der Waals surface area contributed by atoms with Gasteiger partial charge in [-0.25, -0.2) is 0 Å². The number of benzene rings is 18. The van der Waals surface area contributed by atoms with Gasteiger partial charge < -0.3 is 39.2 Å². The number of nitriles is 8. The first-order valence-corrected chi connectivity index (χ1v) is 47.0. The molecule has 16 nitrogen and oxygen atoms in total. The number of anilines is 24. The maximum atomic E-state index is 11.2. The molecule has 0 bridgehead atoms. The summed E-state index contributed by atoms with van der Waals surface area (Å²) in [4.78, 5) is 16.8. The monoisotopic (exact) mass is 1960 g/mol. The lowest BCUT2D eigenvalue weighted by atomic mass is 9.30. The Morgan fingerprint density at radius 3 is 0.645 bits per heavy atom. The maximum Gasteiger partial charge on any atom is 0.369 e. The third-order valence-electron chi connectivity index (χ3n) is 25.0. The van der Waals surface area contributed by atoms with E-state index in [0.29, 0.717) is 90.0 Å². The van der Waals surface area contributed by atoms with Crippen LogP contribution < -0.4 is 72.0 Å². The summed E-state index contributed by atoms with van der Waals surface area (Å²) in [5, 5.41) is 87.6. The highest BCUT2D eigenvalue weighted by molar-refractivity contribution is 9.69. The van der Waals surface area contributed by atoms with Crippen LogP contribution in [0.4, 0.5) is 136 Å². The Balaban J connectivity index is 0.000000164. The van der Waals surface area contributed by atoms with Crippen LogP contribution in [-0.4, -0.2) is 16.6 Å². The maximum absolute atomic E-state index is 11.2. The van der Waals surface area contributed by atoms with Crippen LogP contribution in [0.1, 0.15) is 44.5 Å². The van der Waals surface area contributed by atoms with Crippen molar-refractivity contribution in [3.8, 4) is 48.6 Å². The summed E-state index contributed by atoms with van der Waals surface area (Å²) in [6.45, 7) is -0.828. The number of nitrogens with zero attached hydrogens (tertiary/aromatic N) is 16. The van der Waals surface area contributed by atoms with Crippen LogP contribution in [0.15, 0.2) is 425 Å². The van der Waals surface area contributed by atoms with Crippen LogP contribution in [0.5, 0.6) is 0 Å².